The largest absolute Gasteiger partial charge is 0.490 e. The number of benzene rings is 1. The molecule has 2 N–H and O–H groups in total. The van der Waals surface area contributed by atoms with Crippen molar-refractivity contribution >= 4 is 0 Å². The molecule has 0 heterocycles. The number of nitrogens with two attached hydrogens (primary N) is 1. The zero-order valence-electron chi connectivity index (χ0n) is 9.49. The Morgan fingerprint density at radius 1 is 1.27 bits per heavy atom. The summed E-state index contributed by atoms with van der Waals surface area (Å²) in [4.78, 5) is 0. The summed E-state index contributed by atoms with van der Waals surface area (Å²) in [5.74, 6) is 1.02. The van der Waals surface area contributed by atoms with Crippen LogP contribution in [0, 0.1) is 13.8 Å². The Labute approximate surface area is 91.4 Å². The number of aryl methyl sites for hydroxylation is 1. The van der Waals surface area contributed by atoms with Gasteiger partial charge < -0.3 is 10.5 Å². The fourth-order valence-electron chi connectivity index (χ4n) is 2.11. The molecule has 2 rings (SSSR count). The van der Waals surface area contributed by atoms with Crippen LogP contribution < -0.4 is 10.5 Å². The Kier molecular flexibility index (Phi) is 2.96. The molecule has 1 aromatic rings. The predicted molar refractivity (Wildman–Crippen MR) is 62.2 cm³/mol. The van der Waals surface area contributed by atoms with E-state index in [9.17, 15) is 0 Å². The first-order valence-corrected chi connectivity index (χ1v) is 5.65. The zero-order chi connectivity index (χ0) is 10.8. The summed E-state index contributed by atoms with van der Waals surface area (Å²) in [6.45, 7) is 4.22. The van der Waals surface area contributed by atoms with E-state index in [1.807, 2.05) is 12.1 Å². The first-order valence-electron chi connectivity index (χ1n) is 5.65. The Morgan fingerprint density at radius 3 is 2.73 bits per heavy atom. The van der Waals surface area contributed by atoms with Crippen molar-refractivity contribution in [1.82, 2.24) is 0 Å². The maximum Gasteiger partial charge on any atom is 0.122 e. The molecule has 1 aromatic carbocycles. The zero-order valence-corrected chi connectivity index (χ0v) is 9.49. The maximum absolute atomic E-state index is 5.98. The minimum absolute atomic E-state index is 0.320. The van der Waals surface area contributed by atoms with Crippen molar-refractivity contribution in [3.63, 3.8) is 0 Å². The van der Waals surface area contributed by atoms with Crippen LogP contribution in [0.1, 0.15) is 30.4 Å². The second kappa shape index (κ2) is 4.23. The molecule has 82 valence electrons. The molecule has 0 spiro atoms. The van der Waals surface area contributed by atoms with Crippen molar-refractivity contribution in [2.24, 2.45) is 5.73 Å². The van der Waals surface area contributed by atoms with E-state index < -0.39 is 0 Å². The van der Waals surface area contributed by atoms with Crippen LogP contribution >= 0.6 is 0 Å². The smallest absolute Gasteiger partial charge is 0.122 e. The summed E-state index contributed by atoms with van der Waals surface area (Å²) in [6.07, 6.45) is 3.50. The van der Waals surface area contributed by atoms with E-state index in [0.717, 1.165) is 25.0 Å². The highest BCUT2D eigenvalue weighted by molar-refractivity contribution is 5.38. The van der Waals surface area contributed by atoms with Crippen LogP contribution in [0.5, 0.6) is 5.75 Å². The highest BCUT2D eigenvalue weighted by Crippen LogP contribution is 2.27. The number of hydrogen-bond acceptors (Lipinski definition) is 2. The van der Waals surface area contributed by atoms with Gasteiger partial charge in [-0.1, -0.05) is 12.1 Å². The van der Waals surface area contributed by atoms with Crippen LogP contribution in [0.15, 0.2) is 18.2 Å². The highest BCUT2D eigenvalue weighted by Gasteiger charge is 2.23. The molecule has 2 nitrogen and oxygen atoms in total. The lowest BCUT2D eigenvalue weighted by atomic mass is 10.1. The minimum Gasteiger partial charge on any atom is -0.490 e. The van der Waals surface area contributed by atoms with Crippen LogP contribution in [-0.2, 0) is 0 Å². The van der Waals surface area contributed by atoms with E-state index in [1.54, 1.807) is 0 Å². The van der Waals surface area contributed by atoms with Crippen molar-refractivity contribution < 1.29 is 4.74 Å². The fraction of sp³-hybridized carbons (Fsp3) is 0.538. The normalized spacial score (nSPS) is 25.5. The molecule has 0 bridgehead atoms. The van der Waals surface area contributed by atoms with Gasteiger partial charge in [0.05, 0.1) is 0 Å². The van der Waals surface area contributed by atoms with Crippen molar-refractivity contribution in [3.05, 3.63) is 29.3 Å². The molecule has 1 fully saturated rings. The summed E-state index contributed by atoms with van der Waals surface area (Å²) < 4.78 is 5.98. The molecular weight excluding hydrogens is 186 g/mol. The first kappa shape index (κ1) is 10.5. The fourth-order valence-corrected chi connectivity index (χ4v) is 2.11. The van der Waals surface area contributed by atoms with E-state index in [0.29, 0.717) is 12.1 Å². The number of hydrogen-bond donors (Lipinski definition) is 1. The molecule has 1 saturated carbocycles. The molecular formula is C13H19NO. The summed E-state index contributed by atoms with van der Waals surface area (Å²) in [7, 11) is 0. The van der Waals surface area contributed by atoms with Crippen LogP contribution in [0.4, 0.5) is 0 Å². The van der Waals surface area contributed by atoms with E-state index in [1.165, 1.54) is 11.1 Å². The molecule has 2 unspecified atom stereocenters. The molecule has 0 saturated heterocycles. The van der Waals surface area contributed by atoms with Gasteiger partial charge in [0.25, 0.3) is 0 Å². The lowest BCUT2D eigenvalue weighted by Crippen LogP contribution is -2.19. The van der Waals surface area contributed by atoms with Crippen molar-refractivity contribution in [3.8, 4) is 5.75 Å². The van der Waals surface area contributed by atoms with E-state index in [4.69, 9.17) is 10.5 Å². The Morgan fingerprint density at radius 2 is 2.07 bits per heavy atom. The third-order valence-corrected chi connectivity index (χ3v) is 3.27. The second-order valence-corrected chi connectivity index (χ2v) is 4.51. The van der Waals surface area contributed by atoms with Gasteiger partial charge in [0, 0.05) is 6.04 Å². The lowest BCUT2D eigenvalue weighted by molar-refractivity contribution is 0.206. The minimum atomic E-state index is 0.320. The summed E-state index contributed by atoms with van der Waals surface area (Å²) in [6, 6.07) is 6.54. The van der Waals surface area contributed by atoms with Gasteiger partial charge in [-0.05, 0) is 50.3 Å². The molecule has 1 aliphatic carbocycles. The second-order valence-electron chi connectivity index (χ2n) is 4.51. The van der Waals surface area contributed by atoms with Gasteiger partial charge in [0.1, 0.15) is 11.9 Å². The molecule has 0 radical (unpaired) electrons. The van der Waals surface area contributed by atoms with Gasteiger partial charge in [0.15, 0.2) is 0 Å². The SMILES string of the molecule is Cc1cccc(OC2CCC(N)C2)c1C. The number of rotatable bonds is 2. The van der Waals surface area contributed by atoms with Crippen molar-refractivity contribution in [2.75, 3.05) is 0 Å². The average Bonchev–Trinajstić information content (AvgIpc) is 2.59. The van der Waals surface area contributed by atoms with Crippen molar-refractivity contribution in [1.29, 1.82) is 0 Å². The highest BCUT2D eigenvalue weighted by atomic mass is 16.5. The summed E-state index contributed by atoms with van der Waals surface area (Å²) in [5.41, 5.74) is 8.40. The molecule has 2 atom stereocenters. The van der Waals surface area contributed by atoms with Crippen LogP contribution in [0.25, 0.3) is 0 Å². The third kappa shape index (κ3) is 2.32. The van der Waals surface area contributed by atoms with Crippen molar-refractivity contribution in [2.45, 2.75) is 45.3 Å². The standard InChI is InChI=1S/C13H19NO/c1-9-4-3-5-13(10(9)2)15-12-7-6-11(14)8-12/h3-5,11-12H,6-8,14H2,1-2H3. The van der Waals surface area contributed by atoms with Crippen LogP contribution in [0.2, 0.25) is 0 Å². The molecule has 2 heteroatoms. The molecule has 0 aliphatic heterocycles. The summed E-state index contributed by atoms with van der Waals surface area (Å²) >= 11 is 0. The van der Waals surface area contributed by atoms with Gasteiger partial charge in [-0.15, -0.1) is 0 Å². The molecule has 1 aliphatic rings. The van der Waals surface area contributed by atoms with Gasteiger partial charge in [-0.25, -0.2) is 0 Å². The maximum atomic E-state index is 5.98. The summed E-state index contributed by atoms with van der Waals surface area (Å²) in [5, 5.41) is 0. The van der Waals surface area contributed by atoms with E-state index in [2.05, 4.69) is 19.9 Å². The Hall–Kier alpha value is -1.02. The predicted octanol–water partition coefficient (Wildman–Crippen LogP) is 2.56. The van der Waals surface area contributed by atoms with Crippen LogP contribution in [-0.4, -0.2) is 12.1 Å². The first-order chi connectivity index (χ1) is 7.16. The Balaban J connectivity index is 2.07. The van der Waals surface area contributed by atoms with Gasteiger partial charge in [-0.2, -0.15) is 0 Å². The monoisotopic (exact) mass is 205 g/mol. The molecule has 15 heavy (non-hydrogen) atoms. The van der Waals surface area contributed by atoms with E-state index in [-0.39, 0.29) is 0 Å². The quantitative estimate of drug-likeness (QED) is 0.805. The topological polar surface area (TPSA) is 35.2 Å². The third-order valence-electron chi connectivity index (χ3n) is 3.27. The van der Waals surface area contributed by atoms with E-state index >= 15 is 0 Å². The molecule has 0 aromatic heterocycles. The van der Waals surface area contributed by atoms with Crippen LogP contribution in [0.3, 0.4) is 0 Å². The number of ether oxygens (including phenoxy) is 1. The average molecular weight is 205 g/mol. The van der Waals surface area contributed by atoms with Gasteiger partial charge >= 0.3 is 0 Å². The Bertz CT molecular complexity index is 348. The molecule has 0 amide bonds. The van der Waals surface area contributed by atoms with Gasteiger partial charge in [0.2, 0.25) is 0 Å². The van der Waals surface area contributed by atoms with Gasteiger partial charge in [-0.3, -0.25) is 0 Å². The lowest BCUT2D eigenvalue weighted by Gasteiger charge is -2.16.